The molecule has 0 fully saturated rings. The zero-order valence-corrected chi connectivity index (χ0v) is 7.45. The third kappa shape index (κ3) is 2.64. The summed E-state index contributed by atoms with van der Waals surface area (Å²) in [6.45, 7) is 2.91. The zero-order chi connectivity index (χ0) is 8.81. The van der Waals surface area contributed by atoms with Crippen molar-refractivity contribution in [3.63, 3.8) is 0 Å². The first-order valence-corrected chi connectivity index (χ1v) is 4.49. The van der Waals surface area contributed by atoms with Crippen molar-refractivity contribution in [2.75, 3.05) is 13.2 Å². The maximum atomic E-state index is 11.3. The van der Waals surface area contributed by atoms with Gasteiger partial charge in [0.15, 0.2) is 0 Å². The van der Waals surface area contributed by atoms with Gasteiger partial charge in [-0.25, -0.2) is 0 Å². The number of ether oxygens (including phenoxy) is 1. The van der Waals surface area contributed by atoms with Gasteiger partial charge in [0.25, 0.3) is 0 Å². The quantitative estimate of drug-likeness (QED) is 0.586. The lowest BCUT2D eigenvalue weighted by Crippen LogP contribution is -2.19. The Hall–Kier alpha value is -0.860. The van der Waals surface area contributed by atoms with Gasteiger partial charge in [-0.1, -0.05) is 0 Å². The third-order valence-electron chi connectivity index (χ3n) is 1.96. The van der Waals surface area contributed by atoms with Crippen molar-refractivity contribution in [3.8, 4) is 0 Å². The van der Waals surface area contributed by atoms with Gasteiger partial charge in [0.1, 0.15) is 0 Å². The lowest BCUT2D eigenvalue weighted by atomic mass is 10.0. The molecule has 0 aromatic heterocycles. The van der Waals surface area contributed by atoms with E-state index in [9.17, 15) is 4.79 Å². The molecule has 0 amide bonds. The summed E-state index contributed by atoms with van der Waals surface area (Å²) in [4.78, 5) is 15.4. The normalized spacial score (nSPS) is 23.2. The van der Waals surface area contributed by atoms with Gasteiger partial charge >= 0.3 is 5.97 Å². The van der Waals surface area contributed by atoms with Gasteiger partial charge in [-0.2, -0.15) is 0 Å². The highest BCUT2D eigenvalue weighted by atomic mass is 16.5. The Morgan fingerprint density at radius 2 is 2.58 bits per heavy atom. The average Bonchev–Trinajstić information content (AvgIpc) is 2.32. The van der Waals surface area contributed by atoms with E-state index in [4.69, 9.17) is 4.74 Å². The highest BCUT2D eigenvalue weighted by Gasteiger charge is 2.19. The summed E-state index contributed by atoms with van der Waals surface area (Å²) in [6.07, 6.45) is 4.86. The fourth-order valence-corrected chi connectivity index (χ4v) is 1.29. The lowest BCUT2D eigenvalue weighted by molar-refractivity contribution is -0.147. The Bertz CT molecular complexity index is 177. The van der Waals surface area contributed by atoms with Crippen molar-refractivity contribution < 1.29 is 9.53 Å². The van der Waals surface area contributed by atoms with Crippen molar-refractivity contribution in [1.82, 2.24) is 0 Å². The molecule has 12 heavy (non-hydrogen) atoms. The maximum absolute atomic E-state index is 11.3. The molecule has 0 saturated heterocycles. The van der Waals surface area contributed by atoms with E-state index < -0.39 is 0 Å². The van der Waals surface area contributed by atoms with Crippen LogP contribution in [0.15, 0.2) is 4.99 Å². The second-order valence-electron chi connectivity index (χ2n) is 2.93. The molecule has 0 aromatic carbocycles. The Kier molecular flexibility index (Phi) is 3.77. The van der Waals surface area contributed by atoms with E-state index in [2.05, 4.69) is 4.99 Å². The van der Waals surface area contributed by atoms with Gasteiger partial charge in [-0.05, 0) is 32.4 Å². The summed E-state index contributed by atoms with van der Waals surface area (Å²) in [7, 11) is 0. The van der Waals surface area contributed by atoms with Crippen LogP contribution in [-0.2, 0) is 9.53 Å². The third-order valence-corrected chi connectivity index (χ3v) is 1.96. The standard InChI is InChI=1S/C9H15NO2/c1-2-12-9(11)8-5-3-4-6-10-7-8/h6,8H,2-5,7H2,1H3. The van der Waals surface area contributed by atoms with Gasteiger partial charge < -0.3 is 4.74 Å². The van der Waals surface area contributed by atoms with Crippen molar-refractivity contribution >= 4 is 12.2 Å². The molecule has 0 spiro atoms. The summed E-state index contributed by atoms with van der Waals surface area (Å²) in [5.41, 5.74) is 0. The first kappa shape index (κ1) is 9.23. The number of hydrogen-bond acceptors (Lipinski definition) is 3. The second kappa shape index (κ2) is 4.91. The number of hydrogen-bond donors (Lipinski definition) is 0. The van der Waals surface area contributed by atoms with Crippen LogP contribution in [0.3, 0.4) is 0 Å². The molecule has 3 heteroatoms. The van der Waals surface area contributed by atoms with Gasteiger partial charge in [0, 0.05) is 0 Å². The smallest absolute Gasteiger partial charge is 0.310 e. The van der Waals surface area contributed by atoms with Crippen LogP contribution in [-0.4, -0.2) is 25.3 Å². The van der Waals surface area contributed by atoms with E-state index in [-0.39, 0.29) is 11.9 Å². The number of nitrogens with zero attached hydrogens (tertiary/aromatic N) is 1. The Balaban J connectivity index is 2.38. The van der Waals surface area contributed by atoms with Crippen LogP contribution in [0.25, 0.3) is 0 Å². The van der Waals surface area contributed by atoms with Crippen LogP contribution < -0.4 is 0 Å². The fourth-order valence-electron chi connectivity index (χ4n) is 1.29. The average molecular weight is 169 g/mol. The summed E-state index contributed by atoms with van der Waals surface area (Å²) in [5, 5.41) is 0. The molecule has 1 atom stereocenters. The number of esters is 1. The monoisotopic (exact) mass is 169 g/mol. The minimum Gasteiger partial charge on any atom is -0.466 e. The fraction of sp³-hybridized carbons (Fsp3) is 0.778. The maximum Gasteiger partial charge on any atom is 0.310 e. The first-order chi connectivity index (χ1) is 5.84. The number of rotatable bonds is 2. The molecular weight excluding hydrogens is 154 g/mol. The van der Waals surface area contributed by atoms with Crippen LogP contribution in [0.2, 0.25) is 0 Å². The van der Waals surface area contributed by atoms with E-state index in [0.29, 0.717) is 13.2 Å². The molecule has 1 heterocycles. The number of carbonyl (C=O) groups excluding carboxylic acids is 1. The largest absolute Gasteiger partial charge is 0.466 e. The number of carbonyl (C=O) groups is 1. The van der Waals surface area contributed by atoms with E-state index >= 15 is 0 Å². The van der Waals surface area contributed by atoms with Crippen LogP contribution in [0.4, 0.5) is 0 Å². The predicted molar refractivity (Wildman–Crippen MR) is 47.3 cm³/mol. The molecule has 1 unspecified atom stereocenters. The van der Waals surface area contributed by atoms with Crippen molar-refractivity contribution in [2.45, 2.75) is 26.2 Å². The van der Waals surface area contributed by atoms with Crippen molar-refractivity contribution in [2.24, 2.45) is 10.9 Å². The minimum atomic E-state index is -0.0865. The minimum absolute atomic E-state index is 0.00343. The van der Waals surface area contributed by atoms with Gasteiger partial charge in [-0.3, -0.25) is 9.79 Å². The summed E-state index contributed by atoms with van der Waals surface area (Å²) in [5.74, 6) is -0.0831. The van der Waals surface area contributed by atoms with Crippen LogP contribution in [0.1, 0.15) is 26.2 Å². The topological polar surface area (TPSA) is 38.7 Å². The molecule has 1 rings (SSSR count). The summed E-state index contributed by atoms with van der Waals surface area (Å²) >= 11 is 0. The van der Waals surface area contributed by atoms with Crippen LogP contribution in [0, 0.1) is 5.92 Å². The van der Waals surface area contributed by atoms with E-state index in [1.165, 1.54) is 0 Å². The number of aliphatic imine (C=N–C) groups is 1. The highest BCUT2D eigenvalue weighted by Crippen LogP contribution is 2.13. The van der Waals surface area contributed by atoms with Crippen molar-refractivity contribution in [1.29, 1.82) is 0 Å². The van der Waals surface area contributed by atoms with E-state index in [0.717, 1.165) is 19.3 Å². The first-order valence-electron chi connectivity index (χ1n) is 4.49. The molecular formula is C9H15NO2. The van der Waals surface area contributed by atoms with E-state index in [1.807, 2.05) is 13.1 Å². The zero-order valence-electron chi connectivity index (χ0n) is 7.45. The summed E-state index contributed by atoms with van der Waals surface area (Å²) < 4.78 is 4.92. The molecule has 1 aliphatic heterocycles. The second-order valence-corrected chi connectivity index (χ2v) is 2.93. The highest BCUT2D eigenvalue weighted by molar-refractivity contribution is 5.73. The molecule has 0 saturated carbocycles. The molecule has 0 aliphatic carbocycles. The predicted octanol–water partition coefficient (Wildman–Crippen LogP) is 1.42. The van der Waals surface area contributed by atoms with Gasteiger partial charge in [0.2, 0.25) is 0 Å². The molecule has 0 aromatic rings. The molecule has 0 N–H and O–H groups in total. The van der Waals surface area contributed by atoms with Crippen LogP contribution in [0.5, 0.6) is 0 Å². The SMILES string of the molecule is CCOC(=O)C1CCCC=NC1. The Morgan fingerprint density at radius 1 is 1.75 bits per heavy atom. The van der Waals surface area contributed by atoms with Crippen molar-refractivity contribution in [3.05, 3.63) is 0 Å². The van der Waals surface area contributed by atoms with Crippen LogP contribution >= 0.6 is 0 Å². The molecule has 3 nitrogen and oxygen atoms in total. The van der Waals surface area contributed by atoms with Gasteiger partial charge in [0.05, 0.1) is 19.1 Å². The van der Waals surface area contributed by atoms with E-state index in [1.54, 1.807) is 0 Å². The summed E-state index contributed by atoms with van der Waals surface area (Å²) in [6, 6.07) is 0. The molecule has 0 bridgehead atoms. The van der Waals surface area contributed by atoms with Gasteiger partial charge in [-0.15, -0.1) is 0 Å². The molecule has 1 aliphatic rings. The molecule has 68 valence electrons. The Labute approximate surface area is 72.8 Å². The lowest BCUT2D eigenvalue weighted by Gasteiger charge is -2.10. The molecule has 0 radical (unpaired) electrons. The Morgan fingerprint density at radius 3 is 3.33 bits per heavy atom.